The van der Waals surface area contributed by atoms with Gasteiger partial charge in [0.15, 0.2) is 0 Å². The fraction of sp³-hybridized carbons (Fsp3) is 0.538. The van der Waals surface area contributed by atoms with Crippen LogP contribution in [0.2, 0.25) is 0 Å². The van der Waals surface area contributed by atoms with Crippen molar-refractivity contribution >= 4 is 10.0 Å². The minimum absolute atomic E-state index is 0.108. The molecule has 8 heteroatoms. The number of hydrogen-bond acceptors (Lipinski definition) is 3. The Hall–Kier alpha value is -1.12. The summed E-state index contributed by atoms with van der Waals surface area (Å²) in [6, 6.07) is 3.61. The van der Waals surface area contributed by atoms with Gasteiger partial charge in [-0.15, -0.1) is 0 Å². The third-order valence-corrected chi connectivity index (χ3v) is 5.56. The van der Waals surface area contributed by atoms with E-state index in [0.717, 1.165) is 22.5 Å². The molecular weight excluding hydrogens is 307 g/mol. The van der Waals surface area contributed by atoms with E-state index in [1.165, 1.54) is 0 Å². The predicted octanol–water partition coefficient (Wildman–Crippen LogP) is 2.10. The van der Waals surface area contributed by atoms with Crippen molar-refractivity contribution in [2.75, 3.05) is 13.1 Å². The fourth-order valence-electron chi connectivity index (χ4n) is 2.08. The monoisotopic (exact) mass is 323 g/mol. The molecule has 2 rings (SSSR count). The molecule has 0 unspecified atom stereocenters. The van der Waals surface area contributed by atoms with Crippen molar-refractivity contribution in [3.63, 3.8) is 0 Å². The Morgan fingerprint density at radius 1 is 1.29 bits per heavy atom. The van der Waals surface area contributed by atoms with Crippen LogP contribution in [0, 0.1) is 5.92 Å². The molecular formula is C13H16F3NO3S. The van der Waals surface area contributed by atoms with Gasteiger partial charge in [0.2, 0.25) is 10.0 Å². The maximum atomic E-state index is 12.6. The molecule has 1 N–H and O–H groups in total. The Bertz CT molecular complexity index is 634. The first-order valence-corrected chi connectivity index (χ1v) is 7.80. The van der Waals surface area contributed by atoms with Crippen LogP contribution in [-0.4, -0.2) is 36.5 Å². The van der Waals surface area contributed by atoms with Crippen LogP contribution in [0.25, 0.3) is 0 Å². The highest BCUT2D eigenvalue weighted by Gasteiger charge is 2.49. The molecule has 0 aromatic heterocycles. The van der Waals surface area contributed by atoms with Gasteiger partial charge in [-0.25, -0.2) is 8.42 Å². The average molecular weight is 323 g/mol. The zero-order valence-electron chi connectivity index (χ0n) is 11.6. The zero-order valence-corrected chi connectivity index (χ0v) is 12.4. The van der Waals surface area contributed by atoms with Crippen LogP contribution < -0.4 is 0 Å². The van der Waals surface area contributed by atoms with Gasteiger partial charge in [0.05, 0.1) is 16.1 Å². The SMILES string of the molecule is CC(C)C1(O)CN(S(=O)(=O)c2cccc(C(F)(F)F)c2)C1. The van der Waals surface area contributed by atoms with E-state index in [1.807, 2.05) is 0 Å². The maximum absolute atomic E-state index is 12.6. The fourth-order valence-corrected chi connectivity index (χ4v) is 3.69. The molecule has 0 radical (unpaired) electrons. The number of halogens is 3. The first-order valence-electron chi connectivity index (χ1n) is 6.36. The lowest BCUT2D eigenvalue weighted by atomic mass is 9.85. The second kappa shape index (κ2) is 4.96. The minimum Gasteiger partial charge on any atom is -0.387 e. The van der Waals surface area contributed by atoms with Gasteiger partial charge in [-0.3, -0.25) is 0 Å². The predicted molar refractivity (Wildman–Crippen MR) is 70.0 cm³/mol. The van der Waals surface area contributed by atoms with Gasteiger partial charge in [-0.1, -0.05) is 19.9 Å². The molecule has 0 spiro atoms. The van der Waals surface area contributed by atoms with Crippen LogP contribution in [0.1, 0.15) is 19.4 Å². The highest BCUT2D eigenvalue weighted by atomic mass is 32.2. The van der Waals surface area contributed by atoms with Gasteiger partial charge >= 0.3 is 6.18 Å². The van der Waals surface area contributed by atoms with Gasteiger partial charge in [0.25, 0.3) is 0 Å². The van der Waals surface area contributed by atoms with Crippen LogP contribution in [0.15, 0.2) is 29.2 Å². The number of nitrogens with zero attached hydrogens (tertiary/aromatic N) is 1. The van der Waals surface area contributed by atoms with Crippen molar-refractivity contribution < 1.29 is 26.7 Å². The Morgan fingerprint density at radius 3 is 2.33 bits per heavy atom. The summed E-state index contributed by atoms with van der Waals surface area (Å²) in [5.41, 5.74) is -2.13. The van der Waals surface area contributed by atoms with Crippen molar-refractivity contribution in [2.45, 2.75) is 30.5 Å². The number of β-amino-alcohol motifs (C(OH)–C–C–N with tert-alkyl or cyclic N) is 1. The van der Waals surface area contributed by atoms with Gasteiger partial charge in [-0.05, 0) is 24.1 Å². The minimum atomic E-state index is -4.60. The third-order valence-electron chi connectivity index (χ3n) is 3.77. The molecule has 118 valence electrons. The third kappa shape index (κ3) is 2.93. The van der Waals surface area contributed by atoms with E-state index in [2.05, 4.69) is 0 Å². The van der Waals surface area contributed by atoms with E-state index in [9.17, 15) is 26.7 Å². The Morgan fingerprint density at radius 2 is 1.86 bits per heavy atom. The van der Waals surface area contributed by atoms with E-state index < -0.39 is 32.3 Å². The Labute approximate surface area is 121 Å². The highest BCUT2D eigenvalue weighted by molar-refractivity contribution is 7.89. The summed E-state index contributed by atoms with van der Waals surface area (Å²) in [4.78, 5) is -0.414. The zero-order chi connectivity index (χ0) is 16.1. The summed E-state index contributed by atoms with van der Waals surface area (Å²) in [5.74, 6) is -0.134. The first kappa shape index (κ1) is 16.3. The molecule has 1 aliphatic rings. The van der Waals surface area contributed by atoms with Crippen molar-refractivity contribution in [3.8, 4) is 0 Å². The summed E-state index contributed by atoms with van der Waals surface area (Å²) in [5, 5.41) is 10.1. The number of sulfonamides is 1. The molecule has 1 aliphatic heterocycles. The van der Waals surface area contributed by atoms with Gasteiger partial charge in [-0.2, -0.15) is 17.5 Å². The summed E-state index contributed by atoms with van der Waals surface area (Å²) in [6.45, 7) is 3.30. The quantitative estimate of drug-likeness (QED) is 0.927. The van der Waals surface area contributed by atoms with Crippen LogP contribution in [0.5, 0.6) is 0 Å². The van der Waals surface area contributed by atoms with Crippen LogP contribution in [-0.2, 0) is 16.2 Å². The van der Waals surface area contributed by atoms with E-state index >= 15 is 0 Å². The maximum Gasteiger partial charge on any atom is 0.416 e. The Balaban J connectivity index is 2.27. The molecule has 0 amide bonds. The Kier molecular flexibility index (Phi) is 3.84. The molecule has 0 saturated carbocycles. The van der Waals surface area contributed by atoms with Gasteiger partial charge in [0, 0.05) is 13.1 Å². The van der Waals surface area contributed by atoms with Gasteiger partial charge < -0.3 is 5.11 Å². The lowest BCUT2D eigenvalue weighted by molar-refractivity contribution is -0.137. The molecule has 1 fully saturated rings. The van der Waals surface area contributed by atoms with Crippen LogP contribution in [0.4, 0.5) is 13.2 Å². The average Bonchev–Trinajstić information content (AvgIpc) is 2.33. The second-order valence-electron chi connectivity index (χ2n) is 5.56. The molecule has 0 atom stereocenters. The summed E-state index contributed by atoms with van der Waals surface area (Å²) >= 11 is 0. The molecule has 4 nitrogen and oxygen atoms in total. The second-order valence-corrected chi connectivity index (χ2v) is 7.49. The smallest absolute Gasteiger partial charge is 0.387 e. The molecule has 21 heavy (non-hydrogen) atoms. The number of rotatable bonds is 3. The largest absolute Gasteiger partial charge is 0.416 e. The number of alkyl halides is 3. The van der Waals surface area contributed by atoms with Crippen LogP contribution >= 0.6 is 0 Å². The standard InChI is InChI=1S/C13H16F3NO3S/c1-9(2)12(18)7-17(8-12)21(19,20)11-5-3-4-10(6-11)13(14,15)16/h3-6,9,18H,7-8H2,1-2H3. The normalized spacial score (nSPS) is 19.6. The van der Waals surface area contributed by atoms with Crippen molar-refractivity contribution in [1.29, 1.82) is 0 Å². The molecule has 1 aromatic carbocycles. The van der Waals surface area contributed by atoms with Crippen LogP contribution in [0.3, 0.4) is 0 Å². The summed E-state index contributed by atoms with van der Waals surface area (Å²) in [6.07, 6.45) is -4.60. The first-order chi connectivity index (χ1) is 9.47. The molecule has 1 aromatic rings. The van der Waals surface area contributed by atoms with Gasteiger partial charge in [0.1, 0.15) is 0 Å². The highest BCUT2D eigenvalue weighted by Crippen LogP contribution is 2.35. The number of aliphatic hydroxyl groups is 1. The number of hydrogen-bond donors (Lipinski definition) is 1. The summed E-state index contributed by atoms with van der Waals surface area (Å²) in [7, 11) is -4.02. The lowest BCUT2D eigenvalue weighted by Gasteiger charge is -2.47. The van der Waals surface area contributed by atoms with E-state index in [0.29, 0.717) is 6.07 Å². The van der Waals surface area contributed by atoms with E-state index in [4.69, 9.17) is 0 Å². The van der Waals surface area contributed by atoms with E-state index in [-0.39, 0.29) is 19.0 Å². The molecule has 1 heterocycles. The number of benzene rings is 1. The van der Waals surface area contributed by atoms with Crippen molar-refractivity contribution in [2.24, 2.45) is 5.92 Å². The van der Waals surface area contributed by atoms with E-state index in [1.54, 1.807) is 13.8 Å². The lowest BCUT2D eigenvalue weighted by Crippen LogP contribution is -2.65. The topological polar surface area (TPSA) is 57.6 Å². The van der Waals surface area contributed by atoms with Crippen molar-refractivity contribution in [1.82, 2.24) is 4.31 Å². The molecule has 0 aliphatic carbocycles. The molecule has 1 saturated heterocycles. The van der Waals surface area contributed by atoms with Crippen molar-refractivity contribution in [3.05, 3.63) is 29.8 Å². The molecule has 0 bridgehead atoms. The summed E-state index contributed by atoms with van der Waals surface area (Å²) < 4.78 is 63.4.